The van der Waals surface area contributed by atoms with Gasteiger partial charge in [-0.2, -0.15) is 0 Å². The van der Waals surface area contributed by atoms with Gasteiger partial charge in [-0.15, -0.1) is 0 Å². The van der Waals surface area contributed by atoms with E-state index in [2.05, 4.69) is 369 Å². The van der Waals surface area contributed by atoms with E-state index in [9.17, 15) is 0 Å². The van der Waals surface area contributed by atoms with Crippen molar-refractivity contribution in [1.82, 2.24) is 0 Å². The molecule has 92 heavy (non-hydrogen) atoms. The van der Waals surface area contributed by atoms with Crippen LogP contribution in [0.5, 0.6) is 0 Å². The van der Waals surface area contributed by atoms with Gasteiger partial charge in [0.1, 0.15) is 28.2 Å². The lowest BCUT2D eigenvalue weighted by Gasteiger charge is -2.11. The number of nitrogens with zero attached hydrogens (tertiary/aromatic N) is 4. The summed E-state index contributed by atoms with van der Waals surface area (Å²) in [6.07, 6.45) is 16.3. The van der Waals surface area contributed by atoms with Crippen LogP contribution in [0.3, 0.4) is 0 Å². The van der Waals surface area contributed by atoms with Crippen LogP contribution in [-0.4, -0.2) is 0 Å². The average molecular weight is 1210 g/mol. The van der Waals surface area contributed by atoms with Gasteiger partial charge in [0.25, 0.3) is 0 Å². The molecule has 1 fully saturated rings. The number of aromatic nitrogens is 4. The summed E-state index contributed by atoms with van der Waals surface area (Å²) in [5.41, 5.74) is 31.2. The smallest absolute Gasteiger partial charge is 0.201 e. The fourth-order valence-corrected chi connectivity index (χ4v) is 12.6. The molecule has 4 nitrogen and oxygen atoms in total. The summed E-state index contributed by atoms with van der Waals surface area (Å²) < 4.78 is 8.77. The van der Waals surface area contributed by atoms with Crippen molar-refractivity contribution in [3.8, 4) is 89.5 Å². The van der Waals surface area contributed by atoms with E-state index in [4.69, 9.17) is 0 Å². The SMILES string of the molecule is CCc1ccc(-c2cc[n+](C)c(-c3ccccc3C)c2)cc1.CCc1ccc(-c2cc[n+](C)c(-c3ccccc3C)c2)cc1.Cc1ccccc1-c1cc(-c2ccc(C(C)C)cc2)cc[n+]1C.Cc1ccccc1-c1cc(-c2ccc(C3CCCC3)cc2)cc[n+]1C. The molecule has 0 spiro atoms. The van der Waals surface area contributed by atoms with Gasteiger partial charge in [0.15, 0.2) is 24.8 Å². The van der Waals surface area contributed by atoms with Gasteiger partial charge in [-0.05, 0) is 178 Å². The third kappa shape index (κ3) is 16.1. The zero-order chi connectivity index (χ0) is 64.7. The summed E-state index contributed by atoms with van der Waals surface area (Å²) in [6, 6.07) is 88.1. The molecule has 0 saturated heterocycles. The Kier molecular flexibility index (Phi) is 22.0. The maximum absolute atomic E-state index is 2.34. The summed E-state index contributed by atoms with van der Waals surface area (Å²) in [4.78, 5) is 0. The van der Waals surface area contributed by atoms with Crippen LogP contribution < -0.4 is 18.3 Å². The number of benzene rings is 8. The molecule has 4 heteroatoms. The third-order valence-corrected chi connectivity index (χ3v) is 18.7. The van der Waals surface area contributed by atoms with E-state index >= 15 is 0 Å². The predicted octanol–water partition coefficient (Wildman–Crippen LogP) is 20.5. The van der Waals surface area contributed by atoms with Crippen LogP contribution in [0.2, 0.25) is 0 Å². The van der Waals surface area contributed by atoms with E-state index < -0.39 is 0 Å². The Morgan fingerprint density at radius 2 is 0.576 bits per heavy atom. The number of rotatable bonds is 12. The minimum absolute atomic E-state index is 0.570. The first kappa shape index (κ1) is 65.3. The largest absolute Gasteiger partial charge is 0.213 e. The normalized spacial score (nSPS) is 11.9. The highest BCUT2D eigenvalue weighted by atomic mass is 14.9. The second-order valence-corrected chi connectivity index (χ2v) is 25.4. The molecule has 1 aliphatic carbocycles. The number of aryl methyl sites for hydroxylation is 10. The molecule has 0 bridgehead atoms. The minimum atomic E-state index is 0.570. The number of pyridine rings is 4. The molecule has 1 aliphatic rings. The molecule has 4 aromatic heterocycles. The van der Waals surface area contributed by atoms with Crippen molar-refractivity contribution in [3.05, 3.63) is 312 Å². The highest BCUT2D eigenvalue weighted by Gasteiger charge is 2.20. The van der Waals surface area contributed by atoms with Gasteiger partial charge < -0.3 is 0 Å². The molecule has 0 atom stereocenters. The fourth-order valence-electron chi connectivity index (χ4n) is 12.6. The first-order chi connectivity index (χ1) is 44.7. The third-order valence-electron chi connectivity index (χ3n) is 18.7. The Morgan fingerprint density at radius 3 is 0.837 bits per heavy atom. The van der Waals surface area contributed by atoms with Gasteiger partial charge in [0.2, 0.25) is 22.8 Å². The molecule has 0 amide bonds. The van der Waals surface area contributed by atoms with Gasteiger partial charge in [0.05, 0.1) is 0 Å². The average Bonchev–Trinajstić information content (AvgIpc) is 0.941. The molecule has 0 unspecified atom stereocenters. The van der Waals surface area contributed by atoms with Crippen molar-refractivity contribution in [2.45, 2.75) is 106 Å². The van der Waals surface area contributed by atoms with E-state index in [0.29, 0.717) is 5.92 Å². The van der Waals surface area contributed by atoms with Crippen LogP contribution >= 0.6 is 0 Å². The van der Waals surface area contributed by atoms with Crippen LogP contribution in [0.1, 0.15) is 110 Å². The Labute approximate surface area is 550 Å². The Balaban J connectivity index is 0.000000135. The van der Waals surface area contributed by atoms with Crippen molar-refractivity contribution in [2.24, 2.45) is 28.2 Å². The molecule has 0 radical (unpaired) electrons. The van der Waals surface area contributed by atoms with Crippen molar-refractivity contribution in [1.29, 1.82) is 0 Å². The molecule has 1 saturated carbocycles. The molecule has 12 aromatic rings. The summed E-state index contributed by atoms with van der Waals surface area (Å²) in [6.45, 7) is 17.5. The summed E-state index contributed by atoms with van der Waals surface area (Å²) >= 11 is 0. The van der Waals surface area contributed by atoms with Crippen molar-refractivity contribution < 1.29 is 18.3 Å². The first-order valence-electron chi connectivity index (χ1n) is 33.3. The summed E-state index contributed by atoms with van der Waals surface area (Å²) in [5, 5.41) is 0. The zero-order valence-electron chi connectivity index (χ0n) is 56.6. The van der Waals surface area contributed by atoms with Crippen LogP contribution in [-0.2, 0) is 41.0 Å². The molecule has 0 N–H and O–H groups in total. The maximum atomic E-state index is 2.34. The number of hydrogen-bond acceptors (Lipinski definition) is 0. The van der Waals surface area contributed by atoms with Gasteiger partial charge in [-0.3, -0.25) is 0 Å². The number of hydrogen-bond donors (Lipinski definition) is 0. The van der Waals surface area contributed by atoms with Gasteiger partial charge >= 0.3 is 0 Å². The predicted molar refractivity (Wildman–Crippen MR) is 387 cm³/mol. The summed E-state index contributed by atoms with van der Waals surface area (Å²) in [5.74, 6) is 1.35. The first-order valence-corrected chi connectivity index (χ1v) is 33.3. The fraction of sp³-hybridized carbons (Fsp3) is 0.227. The van der Waals surface area contributed by atoms with Gasteiger partial charge in [0, 0.05) is 70.8 Å². The molecule has 13 rings (SSSR count). The van der Waals surface area contributed by atoms with E-state index in [1.807, 2.05) is 0 Å². The standard InChI is InChI=1S/C24H26N.C22H24N.2C21H22N/c1-18-7-3-6-10-23(18)24-17-22(15-16-25(24)2)21-13-11-20(12-14-21)19-8-4-5-9-19;1-16(2)18-9-11-19(12-10-18)20-13-14-23(4)22(15-20)21-8-6-5-7-17(21)3;2*1-4-17-9-11-18(12-10-17)19-13-14-22(3)21(15-19)20-8-6-5-7-16(20)2/h3,6-7,10-17,19H,4-5,8-9H2,1-2H3;5-16H,1-4H3;2*5-15H,4H2,1-3H3/q4*+1. The van der Waals surface area contributed by atoms with E-state index in [1.54, 1.807) is 0 Å². The molecular weight excluding hydrogens is 1110 g/mol. The van der Waals surface area contributed by atoms with Crippen molar-refractivity contribution in [2.75, 3.05) is 0 Å². The van der Waals surface area contributed by atoms with Gasteiger partial charge in [-0.25, -0.2) is 18.3 Å². The lowest BCUT2D eigenvalue weighted by Crippen LogP contribution is -2.30. The Bertz CT molecular complexity index is 4260. The van der Waals surface area contributed by atoms with E-state index in [1.165, 1.54) is 160 Å². The van der Waals surface area contributed by atoms with Gasteiger partial charge in [-0.1, -0.05) is 210 Å². The highest BCUT2D eigenvalue weighted by Crippen LogP contribution is 2.36. The monoisotopic (exact) mass is 1210 g/mol. The molecule has 0 aliphatic heterocycles. The second-order valence-electron chi connectivity index (χ2n) is 25.4. The van der Waals surface area contributed by atoms with Crippen molar-refractivity contribution in [3.63, 3.8) is 0 Å². The van der Waals surface area contributed by atoms with E-state index in [0.717, 1.165) is 18.8 Å². The zero-order valence-corrected chi connectivity index (χ0v) is 56.6. The minimum Gasteiger partial charge on any atom is -0.201 e. The molecule has 462 valence electrons. The lowest BCUT2D eigenvalue weighted by atomic mass is 9.94. The lowest BCUT2D eigenvalue weighted by molar-refractivity contribution is -0.660. The maximum Gasteiger partial charge on any atom is 0.213 e. The summed E-state index contributed by atoms with van der Waals surface area (Å²) in [7, 11) is 8.43. The highest BCUT2D eigenvalue weighted by molar-refractivity contribution is 5.74. The Hall–Kier alpha value is -9.64. The Morgan fingerprint density at radius 1 is 0.315 bits per heavy atom. The van der Waals surface area contributed by atoms with Crippen molar-refractivity contribution >= 4 is 0 Å². The second kappa shape index (κ2) is 30.9. The van der Waals surface area contributed by atoms with E-state index in [-0.39, 0.29) is 0 Å². The van der Waals surface area contributed by atoms with Crippen LogP contribution in [0.4, 0.5) is 0 Å². The topological polar surface area (TPSA) is 15.5 Å². The quantitative estimate of drug-likeness (QED) is 0.108. The molecular formula is C88H94N4+4. The molecule has 8 aromatic carbocycles. The molecule has 4 heterocycles. The van der Waals surface area contributed by atoms with Crippen LogP contribution in [0.15, 0.2) is 267 Å². The van der Waals surface area contributed by atoms with Crippen LogP contribution in [0.25, 0.3) is 89.5 Å². The van der Waals surface area contributed by atoms with Crippen LogP contribution in [0, 0.1) is 27.7 Å².